The van der Waals surface area contributed by atoms with Crippen LogP contribution in [0.4, 0.5) is 0 Å². The number of rotatable bonds is 10. The molecule has 27 heavy (non-hydrogen) atoms. The first-order valence-electron chi connectivity index (χ1n) is 9.46. The molecule has 2 rings (SSSR count). The summed E-state index contributed by atoms with van der Waals surface area (Å²) in [5, 5.41) is 2.95. The van der Waals surface area contributed by atoms with Gasteiger partial charge in [0.15, 0.2) is 17.6 Å². The van der Waals surface area contributed by atoms with E-state index in [1.807, 2.05) is 70.2 Å². The Morgan fingerprint density at radius 1 is 1.00 bits per heavy atom. The summed E-state index contributed by atoms with van der Waals surface area (Å²) in [5.41, 5.74) is 2.04. The predicted octanol–water partition coefficient (Wildman–Crippen LogP) is 4.27. The van der Waals surface area contributed by atoms with Crippen LogP contribution in [0.25, 0.3) is 0 Å². The van der Waals surface area contributed by atoms with Crippen LogP contribution in [0.5, 0.6) is 17.2 Å². The molecule has 2 aromatic carbocycles. The zero-order valence-corrected chi connectivity index (χ0v) is 16.6. The highest BCUT2D eigenvalue weighted by molar-refractivity contribution is 5.81. The Kier molecular flexibility index (Phi) is 7.99. The van der Waals surface area contributed by atoms with Gasteiger partial charge in [0.2, 0.25) is 0 Å². The number of hydrogen-bond donors (Lipinski definition) is 1. The number of ether oxygens (including phenoxy) is 3. The highest BCUT2D eigenvalue weighted by atomic mass is 16.5. The van der Waals surface area contributed by atoms with Gasteiger partial charge in [0, 0.05) is 6.54 Å². The standard InChI is InChI=1S/C22H29NO4/c1-5-19(27-18-10-8-9-16(4)13-18)22(24)23-15-17-11-12-20(25-6-2)21(14-17)26-7-3/h8-14,19H,5-7,15H2,1-4H3,(H,23,24). The van der Waals surface area contributed by atoms with Gasteiger partial charge in [-0.05, 0) is 62.6 Å². The fraction of sp³-hybridized carbons (Fsp3) is 0.409. The summed E-state index contributed by atoms with van der Waals surface area (Å²) in [4.78, 5) is 12.5. The van der Waals surface area contributed by atoms with E-state index in [9.17, 15) is 4.79 Å². The van der Waals surface area contributed by atoms with E-state index < -0.39 is 6.10 Å². The molecule has 0 aromatic heterocycles. The van der Waals surface area contributed by atoms with E-state index >= 15 is 0 Å². The molecule has 2 aromatic rings. The van der Waals surface area contributed by atoms with Crippen LogP contribution in [0, 0.1) is 6.92 Å². The summed E-state index contributed by atoms with van der Waals surface area (Å²) in [6, 6.07) is 13.4. The number of benzene rings is 2. The zero-order chi connectivity index (χ0) is 19.6. The Labute approximate surface area is 161 Å². The lowest BCUT2D eigenvalue weighted by Crippen LogP contribution is -2.37. The third kappa shape index (κ3) is 6.20. The third-order valence-corrected chi connectivity index (χ3v) is 4.01. The fourth-order valence-electron chi connectivity index (χ4n) is 2.68. The molecule has 0 fully saturated rings. The number of carbonyl (C=O) groups is 1. The van der Waals surface area contributed by atoms with E-state index in [4.69, 9.17) is 14.2 Å². The second-order valence-electron chi connectivity index (χ2n) is 6.20. The van der Waals surface area contributed by atoms with Crippen LogP contribution in [0.3, 0.4) is 0 Å². The zero-order valence-electron chi connectivity index (χ0n) is 16.6. The molecule has 0 saturated heterocycles. The van der Waals surface area contributed by atoms with Crippen molar-refractivity contribution in [2.24, 2.45) is 0 Å². The van der Waals surface area contributed by atoms with Crippen molar-refractivity contribution in [2.75, 3.05) is 13.2 Å². The predicted molar refractivity (Wildman–Crippen MR) is 107 cm³/mol. The first-order chi connectivity index (χ1) is 13.1. The van der Waals surface area contributed by atoms with Crippen molar-refractivity contribution in [3.8, 4) is 17.2 Å². The molecule has 0 saturated carbocycles. The summed E-state index contributed by atoms with van der Waals surface area (Å²) >= 11 is 0. The van der Waals surface area contributed by atoms with E-state index in [2.05, 4.69) is 5.32 Å². The molecule has 1 unspecified atom stereocenters. The Morgan fingerprint density at radius 2 is 1.74 bits per heavy atom. The quantitative estimate of drug-likeness (QED) is 0.678. The van der Waals surface area contributed by atoms with E-state index in [0.717, 1.165) is 11.1 Å². The molecular weight excluding hydrogens is 342 g/mol. The van der Waals surface area contributed by atoms with E-state index in [1.54, 1.807) is 0 Å². The number of aryl methyl sites for hydroxylation is 1. The van der Waals surface area contributed by atoms with Crippen LogP contribution in [-0.2, 0) is 11.3 Å². The molecule has 0 aliphatic rings. The topological polar surface area (TPSA) is 56.8 Å². The van der Waals surface area contributed by atoms with Crippen molar-refractivity contribution in [1.82, 2.24) is 5.32 Å². The summed E-state index contributed by atoms with van der Waals surface area (Å²) < 4.78 is 17.1. The Morgan fingerprint density at radius 3 is 2.41 bits per heavy atom. The molecule has 0 bridgehead atoms. The second kappa shape index (κ2) is 10.5. The Hall–Kier alpha value is -2.69. The maximum atomic E-state index is 12.5. The van der Waals surface area contributed by atoms with Crippen LogP contribution < -0.4 is 19.5 Å². The van der Waals surface area contributed by atoms with E-state index in [1.165, 1.54) is 0 Å². The largest absolute Gasteiger partial charge is 0.490 e. The van der Waals surface area contributed by atoms with Gasteiger partial charge in [0.05, 0.1) is 13.2 Å². The van der Waals surface area contributed by atoms with Crippen LogP contribution in [0.1, 0.15) is 38.3 Å². The first-order valence-corrected chi connectivity index (χ1v) is 9.46. The number of amides is 1. The Balaban J connectivity index is 1.99. The highest BCUT2D eigenvalue weighted by Gasteiger charge is 2.18. The lowest BCUT2D eigenvalue weighted by molar-refractivity contribution is -0.128. The van der Waals surface area contributed by atoms with Crippen molar-refractivity contribution in [1.29, 1.82) is 0 Å². The summed E-state index contributed by atoms with van der Waals surface area (Å²) in [7, 11) is 0. The minimum Gasteiger partial charge on any atom is -0.490 e. The van der Waals surface area contributed by atoms with E-state index in [0.29, 0.717) is 43.4 Å². The molecular formula is C22H29NO4. The number of carbonyl (C=O) groups excluding carboxylic acids is 1. The molecule has 1 amide bonds. The SMILES string of the molecule is CCOc1ccc(CNC(=O)C(CC)Oc2cccc(C)c2)cc1OCC. The maximum absolute atomic E-state index is 12.5. The molecule has 0 spiro atoms. The summed E-state index contributed by atoms with van der Waals surface area (Å²) in [5.74, 6) is 1.97. The molecule has 0 aliphatic carbocycles. The smallest absolute Gasteiger partial charge is 0.261 e. The first kappa shape index (κ1) is 20.6. The third-order valence-electron chi connectivity index (χ3n) is 4.01. The van der Waals surface area contributed by atoms with Gasteiger partial charge >= 0.3 is 0 Å². The lowest BCUT2D eigenvalue weighted by atomic mass is 10.2. The van der Waals surface area contributed by atoms with Crippen molar-refractivity contribution < 1.29 is 19.0 Å². The van der Waals surface area contributed by atoms with Crippen molar-refractivity contribution in [3.63, 3.8) is 0 Å². The van der Waals surface area contributed by atoms with Gasteiger partial charge in [0.1, 0.15) is 5.75 Å². The minimum atomic E-state index is -0.527. The van der Waals surface area contributed by atoms with Gasteiger partial charge < -0.3 is 19.5 Å². The van der Waals surface area contributed by atoms with Gasteiger partial charge in [-0.3, -0.25) is 4.79 Å². The van der Waals surface area contributed by atoms with Crippen molar-refractivity contribution in [2.45, 2.75) is 46.8 Å². The lowest BCUT2D eigenvalue weighted by Gasteiger charge is -2.18. The number of hydrogen-bond acceptors (Lipinski definition) is 4. The minimum absolute atomic E-state index is 0.133. The van der Waals surface area contributed by atoms with Crippen LogP contribution in [0.2, 0.25) is 0 Å². The monoisotopic (exact) mass is 371 g/mol. The molecule has 5 nitrogen and oxygen atoms in total. The Bertz CT molecular complexity index is 745. The van der Waals surface area contributed by atoms with E-state index in [-0.39, 0.29) is 5.91 Å². The number of nitrogens with one attached hydrogen (secondary N) is 1. The maximum Gasteiger partial charge on any atom is 0.261 e. The van der Waals surface area contributed by atoms with Gasteiger partial charge in [-0.15, -0.1) is 0 Å². The summed E-state index contributed by atoms with van der Waals surface area (Å²) in [6.45, 7) is 9.32. The van der Waals surface area contributed by atoms with Gasteiger partial charge in [-0.25, -0.2) is 0 Å². The molecule has 0 aliphatic heterocycles. The van der Waals surface area contributed by atoms with Crippen molar-refractivity contribution in [3.05, 3.63) is 53.6 Å². The molecule has 0 heterocycles. The van der Waals surface area contributed by atoms with Crippen LogP contribution in [0.15, 0.2) is 42.5 Å². The molecule has 1 N–H and O–H groups in total. The molecule has 1 atom stereocenters. The van der Waals surface area contributed by atoms with Crippen LogP contribution >= 0.6 is 0 Å². The van der Waals surface area contributed by atoms with Crippen LogP contribution in [-0.4, -0.2) is 25.2 Å². The normalized spacial score (nSPS) is 11.6. The molecule has 0 radical (unpaired) electrons. The molecule has 5 heteroatoms. The van der Waals surface area contributed by atoms with Gasteiger partial charge in [-0.1, -0.05) is 25.1 Å². The molecule has 146 valence electrons. The van der Waals surface area contributed by atoms with Gasteiger partial charge in [-0.2, -0.15) is 0 Å². The second-order valence-corrected chi connectivity index (χ2v) is 6.20. The summed E-state index contributed by atoms with van der Waals surface area (Å²) in [6.07, 6.45) is 0.0635. The van der Waals surface area contributed by atoms with Crippen molar-refractivity contribution >= 4 is 5.91 Å². The average molecular weight is 371 g/mol. The fourth-order valence-corrected chi connectivity index (χ4v) is 2.68. The average Bonchev–Trinajstić information content (AvgIpc) is 2.66. The van der Waals surface area contributed by atoms with Gasteiger partial charge in [0.25, 0.3) is 5.91 Å². The highest BCUT2D eigenvalue weighted by Crippen LogP contribution is 2.28.